The van der Waals surface area contributed by atoms with E-state index >= 15 is 0 Å². The van der Waals surface area contributed by atoms with E-state index in [0.717, 1.165) is 224 Å². The summed E-state index contributed by atoms with van der Waals surface area (Å²) in [6.07, 6.45) is 15.1. The van der Waals surface area contributed by atoms with E-state index in [-0.39, 0.29) is 69.5 Å². The highest BCUT2D eigenvalue weighted by molar-refractivity contribution is 5.68. The van der Waals surface area contributed by atoms with E-state index in [1.165, 1.54) is 0 Å². The molecule has 0 saturated heterocycles. The molecule has 3 aliphatic carbocycles. The van der Waals surface area contributed by atoms with Gasteiger partial charge in [0.2, 0.25) is 0 Å². The molecule has 9 heteroatoms. The van der Waals surface area contributed by atoms with E-state index in [0.29, 0.717) is 33.4 Å². The quantitative estimate of drug-likeness (QED) is 0.0401. The van der Waals surface area contributed by atoms with Crippen LogP contribution in [-0.4, -0.2) is 46.0 Å². The summed E-state index contributed by atoms with van der Waals surface area (Å²) in [5, 5.41) is 109. The third-order valence-electron chi connectivity index (χ3n) is 26.0. The Morgan fingerprint density at radius 2 is 0.449 bits per heavy atom. The Morgan fingerprint density at radius 3 is 0.692 bits per heavy atom. The van der Waals surface area contributed by atoms with Gasteiger partial charge in [0.25, 0.3) is 0 Å². The Balaban J connectivity index is 1.12. The van der Waals surface area contributed by atoms with Crippen LogP contribution in [0.3, 0.4) is 0 Å². The molecule has 10 aromatic rings. The van der Waals surface area contributed by atoms with E-state index in [9.17, 15) is 46.0 Å². The molecule has 0 atom stereocenters. The number of rotatable bonds is 17. The molecule has 3 aliphatic rings. The second kappa shape index (κ2) is 29.9. The average molecular weight is 1430 g/mol. The number of phenolic OH excluding ortho intramolecular Hbond substituents is 9. The van der Waals surface area contributed by atoms with E-state index in [4.69, 9.17) is 0 Å². The summed E-state index contributed by atoms with van der Waals surface area (Å²) in [5.41, 5.74) is 23.3. The van der Waals surface area contributed by atoms with Crippen LogP contribution in [0.1, 0.15) is 314 Å². The van der Waals surface area contributed by atoms with Crippen LogP contribution in [0, 0.1) is 83.1 Å². The summed E-state index contributed by atoms with van der Waals surface area (Å²) in [6.45, 7) is 30.6. The lowest BCUT2D eigenvalue weighted by Gasteiger charge is -2.38. The number of aryl methyl sites for hydroxylation is 12. The molecular weight excluding hydrogens is 1320 g/mol. The van der Waals surface area contributed by atoms with Crippen molar-refractivity contribution < 1.29 is 46.0 Å². The van der Waals surface area contributed by atoms with Crippen LogP contribution in [0.25, 0.3) is 0 Å². The van der Waals surface area contributed by atoms with Gasteiger partial charge in [0.1, 0.15) is 51.7 Å². The normalized spacial score (nSPS) is 15.2. The Kier molecular flexibility index (Phi) is 21.1. The third-order valence-corrected chi connectivity index (χ3v) is 26.0. The predicted molar refractivity (Wildman–Crippen MR) is 434 cm³/mol. The molecule has 9 N–H and O–H groups in total. The highest BCUT2D eigenvalue weighted by atomic mass is 16.3. The van der Waals surface area contributed by atoms with E-state index in [2.05, 4.69) is 118 Å². The number of hydrogen-bond donors (Lipinski definition) is 9. The van der Waals surface area contributed by atoms with Crippen molar-refractivity contribution in [2.75, 3.05) is 0 Å². The molecule has 3 fully saturated rings. The van der Waals surface area contributed by atoms with Gasteiger partial charge in [0.15, 0.2) is 0 Å². The molecule has 558 valence electrons. The predicted octanol–water partition coefficient (Wildman–Crippen LogP) is 24.1. The molecule has 0 bridgehead atoms. The Labute approximate surface area is 635 Å². The van der Waals surface area contributed by atoms with Crippen molar-refractivity contribution in [1.82, 2.24) is 0 Å². The fourth-order valence-electron chi connectivity index (χ4n) is 19.0. The summed E-state index contributed by atoms with van der Waals surface area (Å²) < 4.78 is 0. The number of phenols is 9. The van der Waals surface area contributed by atoms with Gasteiger partial charge in [-0.25, -0.2) is 0 Å². The van der Waals surface area contributed by atoms with Crippen molar-refractivity contribution in [1.29, 1.82) is 0 Å². The minimum absolute atomic E-state index is 0.0251. The van der Waals surface area contributed by atoms with Gasteiger partial charge in [-0.1, -0.05) is 157 Å². The highest BCUT2D eigenvalue weighted by Crippen LogP contribution is 2.56. The molecule has 0 spiro atoms. The largest absolute Gasteiger partial charge is 0.508 e. The minimum Gasteiger partial charge on any atom is -0.508 e. The summed E-state index contributed by atoms with van der Waals surface area (Å²) in [7, 11) is 0. The van der Waals surface area contributed by atoms with Crippen LogP contribution in [0.2, 0.25) is 0 Å². The molecule has 0 heterocycles. The molecular formula is C98H112O9. The first kappa shape index (κ1) is 75.6. The maximum atomic E-state index is 13.8. The zero-order valence-corrected chi connectivity index (χ0v) is 65.8. The Morgan fingerprint density at radius 1 is 0.234 bits per heavy atom. The zero-order valence-electron chi connectivity index (χ0n) is 65.8. The molecule has 0 aliphatic heterocycles. The van der Waals surface area contributed by atoms with Gasteiger partial charge in [-0.3, -0.25) is 0 Å². The molecule has 0 aromatic heterocycles. The molecule has 0 amide bonds. The second-order valence-electron chi connectivity index (χ2n) is 33.6. The Bertz CT molecular complexity index is 4710. The van der Waals surface area contributed by atoms with Gasteiger partial charge in [0.05, 0.1) is 0 Å². The average Bonchev–Trinajstić information content (AvgIpc) is 0.727. The van der Waals surface area contributed by atoms with Crippen LogP contribution < -0.4 is 0 Å². The van der Waals surface area contributed by atoms with E-state index in [1.807, 2.05) is 119 Å². The Hall–Kier alpha value is -9.60. The smallest absolute Gasteiger partial charge is 0.123 e. The van der Waals surface area contributed by atoms with E-state index < -0.39 is 28.6 Å². The van der Waals surface area contributed by atoms with Crippen molar-refractivity contribution in [3.05, 3.63) is 295 Å². The molecule has 107 heavy (non-hydrogen) atoms. The lowest BCUT2D eigenvalue weighted by atomic mass is 9.65. The van der Waals surface area contributed by atoms with Gasteiger partial charge in [-0.05, 0) is 339 Å². The maximum Gasteiger partial charge on any atom is 0.123 e. The molecule has 10 aromatic carbocycles. The fourth-order valence-corrected chi connectivity index (χ4v) is 19.0. The van der Waals surface area contributed by atoms with Gasteiger partial charge < -0.3 is 46.0 Å². The summed E-state index contributed by atoms with van der Waals surface area (Å²) in [6, 6.07) is 46.1. The first-order valence-corrected chi connectivity index (χ1v) is 39.4. The van der Waals surface area contributed by atoms with Crippen molar-refractivity contribution in [3.63, 3.8) is 0 Å². The number of benzene rings is 10. The number of hydrogen-bond acceptors (Lipinski definition) is 9. The second-order valence-corrected chi connectivity index (χ2v) is 33.6. The highest BCUT2D eigenvalue weighted by Gasteiger charge is 2.41. The van der Waals surface area contributed by atoms with Crippen molar-refractivity contribution in [2.45, 2.75) is 247 Å². The van der Waals surface area contributed by atoms with Gasteiger partial charge >= 0.3 is 0 Å². The zero-order chi connectivity index (χ0) is 76.6. The number of aromatic hydroxyl groups is 9. The summed E-state index contributed by atoms with van der Waals surface area (Å²) >= 11 is 0. The molecule has 9 nitrogen and oxygen atoms in total. The minimum atomic E-state index is -1.07. The van der Waals surface area contributed by atoms with Crippen LogP contribution >= 0.6 is 0 Å². The summed E-state index contributed by atoms with van der Waals surface area (Å²) in [5.74, 6) is 0.495. The SMILES string of the molecule is Cc1cc(C(c2cc(C)c(O)cc2C)c2cc(C(C)(C)c3ccc(C(C)(c4cc(C5CCCCC5)c(O)c(C(c5cc(C)c(O)cc5C)c5cc(C)c(O)cc5C)c4)c4cc(C5CCCCC5)c(O)c(C(c5cc(C)c(O)cc5C)c5cc(C)c(O)cc5C)c4)cc3)cc(C3CCCCC3)c2O)c(C)cc1O. The van der Waals surface area contributed by atoms with Crippen LogP contribution in [0.5, 0.6) is 51.7 Å². The third kappa shape index (κ3) is 14.1. The lowest BCUT2D eigenvalue weighted by Crippen LogP contribution is -2.28. The van der Waals surface area contributed by atoms with Crippen molar-refractivity contribution in [3.8, 4) is 51.7 Å². The topological polar surface area (TPSA) is 182 Å². The molecule has 0 unspecified atom stereocenters. The van der Waals surface area contributed by atoms with Gasteiger partial charge in [0, 0.05) is 45.3 Å². The van der Waals surface area contributed by atoms with Crippen LogP contribution in [0.4, 0.5) is 0 Å². The molecule has 13 rings (SSSR count). The first-order chi connectivity index (χ1) is 50.8. The van der Waals surface area contributed by atoms with Crippen molar-refractivity contribution >= 4 is 0 Å². The van der Waals surface area contributed by atoms with Gasteiger partial charge in [-0.2, -0.15) is 0 Å². The molecule has 3 saturated carbocycles. The first-order valence-electron chi connectivity index (χ1n) is 39.4. The maximum absolute atomic E-state index is 13.8. The standard InChI is InChI=1S/C98H112O9/c1-53-41-85(99)59(7)35-73(53)91(74-36-60(8)86(100)42-54(74)2)82-48-70(47-79(94(82)105)65-25-19-16-20-26-65)97(13,14)68-31-33-69(34-32-68)98(15,71-49-80(66-27-21-17-22-28-66)95(106)83(51-71)92(75-37-61(9)87(101)43-55(75)3)76-38-62(10)88(102)44-56(76)4)72-50-81(67-29-23-18-24-30-67)96(107)84(52-72)93(77-39-63(11)89(103)45-57(77)5)78-40-64(12)90(104)46-58(78)6/h31-52,65-67,91-93,99-107H,16-30H2,1-15H3. The summed E-state index contributed by atoms with van der Waals surface area (Å²) in [4.78, 5) is 0. The van der Waals surface area contributed by atoms with Crippen LogP contribution in [-0.2, 0) is 10.8 Å². The van der Waals surface area contributed by atoms with Gasteiger partial charge in [-0.15, -0.1) is 0 Å². The molecule has 0 radical (unpaired) electrons. The fraction of sp³-hybridized carbons (Fsp3) is 0.388. The van der Waals surface area contributed by atoms with Crippen molar-refractivity contribution in [2.24, 2.45) is 0 Å². The van der Waals surface area contributed by atoms with E-state index in [1.54, 1.807) is 0 Å². The lowest BCUT2D eigenvalue weighted by molar-refractivity contribution is 0.408. The van der Waals surface area contributed by atoms with Crippen LogP contribution in [0.15, 0.2) is 133 Å². The monoisotopic (exact) mass is 1430 g/mol.